The molecule has 5 rings (SSSR count). The van der Waals surface area contributed by atoms with Crippen LogP contribution < -0.4 is 11.1 Å². The van der Waals surface area contributed by atoms with Gasteiger partial charge in [-0.3, -0.25) is 9.69 Å². The Labute approximate surface area is 218 Å². The van der Waals surface area contributed by atoms with Crippen LogP contribution in [0.15, 0.2) is 72.8 Å². The van der Waals surface area contributed by atoms with Gasteiger partial charge >= 0.3 is 6.09 Å². The molecule has 1 aliphatic heterocycles. The Morgan fingerprint density at radius 3 is 2.53 bits per heavy atom. The van der Waals surface area contributed by atoms with Crippen LogP contribution in [0.5, 0.6) is 0 Å². The number of H-pyrrole nitrogens is 1. The van der Waals surface area contributed by atoms with Crippen LogP contribution in [0.3, 0.4) is 0 Å². The normalized spacial score (nSPS) is 17.5. The molecule has 1 aromatic heterocycles. The fraction of sp³-hybridized carbons (Fsp3) is 0.241. The lowest BCUT2D eigenvalue weighted by Gasteiger charge is -2.24. The first kappa shape index (κ1) is 25.4. The van der Waals surface area contributed by atoms with Crippen molar-refractivity contribution in [3.63, 3.8) is 0 Å². The van der Waals surface area contributed by atoms with Crippen molar-refractivity contribution in [3.05, 3.63) is 95.7 Å². The molecule has 2 amide bonds. The van der Waals surface area contributed by atoms with Crippen LogP contribution in [0.25, 0.3) is 22.0 Å². The maximum Gasteiger partial charge on any atom is 0.404 e. The number of fused-ring (bicyclic) bond motifs is 1. The molecule has 196 valence electrons. The van der Waals surface area contributed by atoms with E-state index >= 15 is 0 Å². The number of hydrogen-bond donors (Lipinski definition) is 3. The average Bonchev–Trinajstić information content (AvgIpc) is 3.49. The molecule has 7 nitrogen and oxygen atoms in total. The minimum Gasteiger partial charge on any atom is -0.449 e. The van der Waals surface area contributed by atoms with Gasteiger partial charge in [-0.25, -0.2) is 13.6 Å². The maximum absolute atomic E-state index is 14.6. The number of hydrogen-bond acceptors (Lipinski definition) is 4. The van der Waals surface area contributed by atoms with Gasteiger partial charge in [-0.15, -0.1) is 0 Å². The van der Waals surface area contributed by atoms with Gasteiger partial charge in [0.25, 0.3) is 5.91 Å². The number of nitrogens with one attached hydrogen (secondary N) is 2. The molecule has 2 atom stereocenters. The summed E-state index contributed by atoms with van der Waals surface area (Å²) >= 11 is 0. The fourth-order valence-corrected chi connectivity index (χ4v) is 5.20. The highest BCUT2D eigenvalue weighted by Crippen LogP contribution is 2.34. The summed E-state index contributed by atoms with van der Waals surface area (Å²) in [7, 11) is 0. The van der Waals surface area contributed by atoms with Crippen LogP contribution in [0.2, 0.25) is 0 Å². The summed E-state index contributed by atoms with van der Waals surface area (Å²) < 4.78 is 33.3. The second-order valence-electron chi connectivity index (χ2n) is 9.55. The number of amides is 2. The largest absolute Gasteiger partial charge is 0.449 e. The highest BCUT2D eigenvalue weighted by Gasteiger charge is 2.33. The molecule has 0 spiro atoms. The van der Waals surface area contributed by atoms with Crippen molar-refractivity contribution in [2.45, 2.75) is 19.0 Å². The molecule has 0 unspecified atom stereocenters. The Hall–Kier alpha value is -4.24. The minimum atomic E-state index is -0.810. The van der Waals surface area contributed by atoms with E-state index in [0.717, 1.165) is 5.56 Å². The molecular weight excluding hydrogens is 490 g/mol. The van der Waals surface area contributed by atoms with Crippen molar-refractivity contribution in [1.29, 1.82) is 0 Å². The Balaban J connectivity index is 1.38. The molecule has 1 fully saturated rings. The highest BCUT2D eigenvalue weighted by atomic mass is 19.1. The number of nitrogens with zero attached hydrogens (tertiary/aromatic N) is 1. The molecule has 0 saturated carbocycles. The Morgan fingerprint density at radius 1 is 1.03 bits per heavy atom. The van der Waals surface area contributed by atoms with E-state index in [4.69, 9.17) is 10.5 Å². The van der Waals surface area contributed by atoms with Crippen molar-refractivity contribution >= 4 is 22.9 Å². The zero-order chi connectivity index (χ0) is 26.6. The molecule has 1 aliphatic rings. The Bertz CT molecular complexity index is 1440. The molecule has 4 N–H and O–H groups in total. The van der Waals surface area contributed by atoms with Crippen molar-refractivity contribution in [2.24, 2.45) is 11.7 Å². The summed E-state index contributed by atoms with van der Waals surface area (Å²) in [5.41, 5.74) is 7.82. The van der Waals surface area contributed by atoms with Gasteiger partial charge in [0.15, 0.2) is 0 Å². The number of carbonyl (C=O) groups excluding carboxylic acids is 2. The number of rotatable bonds is 8. The molecule has 0 aliphatic carbocycles. The van der Waals surface area contributed by atoms with Gasteiger partial charge in [-0.1, -0.05) is 54.6 Å². The lowest BCUT2D eigenvalue weighted by atomic mass is 10.0. The zero-order valence-electron chi connectivity index (χ0n) is 20.6. The fourth-order valence-electron chi connectivity index (χ4n) is 5.20. The number of benzene rings is 3. The van der Waals surface area contributed by atoms with Crippen LogP contribution in [0, 0.1) is 17.6 Å². The molecule has 38 heavy (non-hydrogen) atoms. The van der Waals surface area contributed by atoms with Crippen LogP contribution in [-0.2, 0) is 11.3 Å². The van der Waals surface area contributed by atoms with Crippen molar-refractivity contribution < 1.29 is 23.1 Å². The molecule has 4 aromatic rings. The van der Waals surface area contributed by atoms with Crippen LogP contribution >= 0.6 is 0 Å². The van der Waals surface area contributed by atoms with Gasteiger partial charge in [-0.2, -0.15) is 0 Å². The minimum absolute atomic E-state index is 0.0176. The SMILES string of the molecule is NC(=O)OC[C@@H]1C[C@@H](CNC(=O)c2[nH]c3c(F)cccc3c2-c2ccc(F)cc2)N(Cc2ccccc2)C1. The quantitative estimate of drug-likeness (QED) is 0.311. The molecule has 0 radical (unpaired) electrons. The molecule has 3 aromatic carbocycles. The Kier molecular flexibility index (Phi) is 7.37. The van der Waals surface area contributed by atoms with E-state index in [2.05, 4.69) is 15.2 Å². The summed E-state index contributed by atoms with van der Waals surface area (Å²) in [5.74, 6) is -1.20. The van der Waals surface area contributed by atoms with Gasteiger partial charge in [0.05, 0.1) is 12.1 Å². The number of primary amides is 1. The van der Waals surface area contributed by atoms with E-state index in [0.29, 0.717) is 42.6 Å². The summed E-state index contributed by atoms with van der Waals surface area (Å²) in [6.45, 7) is 1.90. The van der Waals surface area contributed by atoms with E-state index in [9.17, 15) is 18.4 Å². The summed E-state index contributed by atoms with van der Waals surface area (Å²) in [6.07, 6.45) is -0.109. The van der Waals surface area contributed by atoms with Gasteiger partial charge in [0, 0.05) is 42.5 Å². The molecule has 0 bridgehead atoms. The van der Waals surface area contributed by atoms with E-state index in [-0.39, 0.29) is 29.8 Å². The average molecular weight is 519 g/mol. The number of aromatic amines is 1. The summed E-state index contributed by atoms with van der Waals surface area (Å²) in [4.78, 5) is 29.8. The first-order valence-corrected chi connectivity index (χ1v) is 12.4. The third kappa shape index (κ3) is 5.52. The zero-order valence-corrected chi connectivity index (χ0v) is 20.6. The first-order valence-electron chi connectivity index (χ1n) is 12.4. The van der Waals surface area contributed by atoms with Gasteiger partial charge in [0.1, 0.15) is 17.3 Å². The standard InChI is InChI=1S/C29H28F2N4O3/c30-21-11-9-20(10-12-21)25-23-7-4-8-24(31)26(23)34-27(25)28(36)33-14-22-13-19(17-38-29(32)37)16-35(22)15-18-5-2-1-3-6-18/h1-12,19,22,34H,13-17H2,(H2,32,37)(H,33,36)/t19-,22+/m1/s1. The van der Waals surface area contributed by atoms with Crippen LogP contribution in [0.4, 0.5) is 13.6 Å². The van der Waals surface area contributed by atoms with Crippen LogP contribution in [0.1, 0.15) is 22.5 Å². The lowest BCUT2D eigenvalue weighted by Crippen LogP contribution is -2.40. The van der Waals surface area contributed by atoms with Crippen molar-refractivity contribution in [3.8, 4) is 11.1 Å². The summed E-state index contributed by atoms with van der Waals surface area (Å²) in [5, 5.41) is 3.54. The van der Waals surface area contributed by atoms with Crippen molar-refractivity contribution in [2.75, 3.05) is 19.7 Å². The highest BCUT2D eigenvalue weighted by molar-refractivity contribution is 6.09. The molecule has 1 saturated heterocycles. The molecule has 2 heterocycles. The third-order valence-electron chi connectivity index (χ3n) is 6.95. The first-order chi connectivity index (χ1) is 18.4. The second kappa shape index (κ2) is 11.0. The predicted octanol–water partition coefficient (Wildman–Crippen LogP) is 4.83. The molecule has 9 heteroatoms. The van der Waals surface area contributed by atoms with Gasteiger partial charge < -0.3 is 20.8 Å². The smallest absolute Gasteiger partial charge is 0.404 e. The Morgan fingerprint density at radius 2 is 1.79 bits per heavy atom. The number of likely N-dealkylation sites (tertiary alicyclic amines) is 1. The number of halogens is 2. The summed E-state index contributed by atoms with van der Waals surface area (Å²) in [6, 6.07) is 20.4. The van der Waals surface area contributed by atoms with E-state index in [1.54, 1.807) is 24.3 Å². The molecular formula is C29H28F2N4O3. The van der Waals surface area contributed by atoms with E-state index < -0.39 is 23.6 Å². The number of para-hydroxylation sites is 1. The lowest BCUT2D eigenvalue weighted by molar-refractivity contribution is 0.0936. The van der Waals surface area contributed by atoms with Gasteiger partial charge in [-0.05, 0) is 35.7 Å². The van der Waals surface area contributed by atoms with E-state index in [1.165, 1.54) is 18.2 Å². The van der Waals surface area contributed by atoms with Gasteiger partial charge in [0.2, 0.25) is 0 Å². The number of carbonyl (C=O) groups is 2. The van der Waals surface area contributed by atoms with Crippen LogP contribution in [-0.4, -0.2) is 47.6 Å². The number of aromatic nitrogens is 1. The predicted molar refractivity (Wildman–Crippen MR) is 140 cm³/mol. The second-order valence-corrected chi connectivity index (χ2v) is 9.55. The van der Waals surface area contributed by atoms with Crippen molar-refractivity contribution in [1.82, 2.24) is 15.2 Å². The third-order valence-corrected chi connectivity index (χ3v) is 6.95. The monoisotopic (exact) mass is 518 g/mol. The topological polar surface area (TPSA) is 100 Å². The maximum atomic E-state index is 14.6. The number of nitrogens with two attached hydrogens (primary N) is 1. The van der Waals surface area contributed by atoms with E-state index in [1.807, 2.05) is 30.3 Å². The number of ether oxygens (including phenoxy) is 1.